The summed E-state index contributed by atoms with van der Waals surface area (Å²) in [5.41, 5.74) is 0.243. The highest BCUT2D eigenvalue weighted by atomic mass is 32.2. The van der Waals surface area contributed by atoms with Gasteiger partial charge in [0.05, 0.1) is 33.3 Å². The number of rotatable bonds is 9. The third-order valence-electron chi connectivity index (χ3n) is 5.22. The Hall–Kier alpha value is -3.25. The largest absolute Gasteiger partial charge is 0.493 e. The number of nitrogens with one attached hydrogen (secondary N) is 1. The Morgan fingerprint density at radius 1 is 1.03 bits per heavy atom. The standard InChI is InChI=1S/C21H27N3O8S/c1-29-17-13-15(14-18(30-2)19(17)31-3)20(25)22-6-12-33(27,28)24-9-7-23(8-10-24)21(26)16-5-4-11-32-16/h4-5,11,13-14H,6-10,12H2,1-3H3,(H,22,25). The quantitative estimate of drug-likeness (QED) is 0.558. The summed E-state index contributed by atoms with van der Waals surface area (Å²) in [6, 6.07) is 6.17. The SMILES string of the molecule is COc1cc(C(=O)NCCS(=O)(=O)N2CCN(C(=O)c3ccco3)CC2)cc(OC)c1OC. The van der Waals surface area contributed by atoms with Crippen LogP contribution in [0.2, 0.25) is 0 Å². The molecular formula is C21H27N3O8S. The Kier molecular flexibility index (Phi) is 7.82. The van der Waals surface area contributed by atoms with Gasteiger partial charge in [-0.15, -0.1) is 0 Å². The van der Waals surface area contributed by atoms with Gasteiger partial charge in [-0.25, -0.2) is 8.42 Å². The van der Waals surface area contributed by atoms with Crippen LogP contribution in [0.3, 0.4) is 0 Å². The van der Waals surface area contributed by atoms with E-state index in [1.54, 1.807) is 17.0 Å². The highest BCUT2D eigenvalue weighted by molar-refractivity contribution is 7.89. The Bertz CT molecular complexity index is 1050. The number of carbonyl (C=O) groups excluding carboxylic acids is 2. The molecule has 12 heteroatoms. The van der Waals surface area contributed by atoms with E-state index in [0.29, 0.717) is 17.2 Å². The lowest BCUT2D eigenvalue weighted by Crippen LogP contribution is -2.51. The molecule has 0 aliphatic carbocycles. The van der Waals surface area contributed by atoms with Crippen molar-refractivity contribution in [3.05, 3.63) is 41.9 Å². The number of methoxy groups -OCH3 is 3. The zero-order valence-electron chi connectivity index (χ0n) is 18.7. The summed E-state index contributed by atoms with van der Waals surface area (Å²) >= 11 is 0. The lowest BCUT2D eigenvalue weighted by Gasteiger charge is -2.33. The summed E-state index contributed by atoms with van der Waals surface area (Å²) in [4.78, 5) is 26.4. The van der Waals surface area contributed by atoms with Gasteiger partial charge in [0.2, 0.25) is 15.8 Å². The maximum absolute atomic E-state index is 12.7. The van der Waals surface area contributed by atoms with Gasteiger partial charge in [0.15, 0.2) is 17.3 Å². The number of hydrogen-bond donors (Lipinski definition) is 1. The van der Waals surface area contributed by atoms with Gasteiger partial charge in [-0.2, -0.15) is 4.31 Å². The van der Waals surface area contributed by atoms with Crippen molar-refractivity contribution in [2.75, 3.05) is 59.8 Å². The maximum atomic E-state index is 12.7. The highest BCUT2D eigenvalue weighted by Crippen LogP contribution is 2.38. The molecule has 0 atom stereocenters. The van der Waals surface area contributed by atoms with Crippen molar-refractivity contribution in [3.8, 4) is 17.2 Å². The molecule has 0 unspecified atom stereocenters. The van der Waals surface area contributed by atoms with E-state index >= 15 is 0 Å². The first-order valence-corrected chi connectivity index (χ1v) is 11.8. The van der Waals surface area contributed by atoms with Crippen LogP contribution in [0.15, 0.2) is 34.9 Å². The molecule has 0 spiro atoms. The topological polar surface area (TPSA) is 128 Å². The third-order valence-corrected chi connectivity index (χ3v) is 7.10. The van der Waals surface area contributed by atoms with Crippen LogP contribution in [-0.2, 0) is 10.0 Å². The normalized spacial score (nSPS) is 14.6. The molecule has 2 amide bonds. The molecule has 1 aliphatic heterocycles. The summed E-state index contributed by atoms with van der Waals surface area (Å²) < 4.78 is 47.5. The predicted octanol–water partition coefficient (Wildman–Crippen LogP) is 0.823. The average Bonchev–Trinajstić information content (AvgIpc) is 3.37. The second-order valence-electron chi connectivity index (χ2n) is 7.15. The second kappa shape index (κ2) is 10.6. The van der Waals surface area contributed by atoms with E-state index in [1.807, 2.05) is 0 Å². The van der Waals surface area contributed by atoms with Gasteiger partial charge < -0.3 is 28.8 Å². The summed E-state index contributed by atoms with van der Waals surface area (Å²) in [5, 5.41) is 2.61. The number of nitrogens with zero attached hydrogens (tertiary/aromatic N) is 2. The minimum Gasteiger partial charge on any atom is -0.493 e. The Morgan fingerprint density at radius 2 is 1.67 bits per heavy atom. The maximum Gasteiger partial charge on any atom is 0.289 e. The lowest BCUT2D eigenvalue weighted by molar-refractivity contribution is 0.0665. The number of ether oxygens (including phenoxy) is 3. The van der Waals surface area contributed by atoms with Crippen molar-refractivity contribution in [2.24, 2.45) is 0 Å². The number of hydrogen-bond acceptors (Lipinski definition) is 8. The number of amides is 2. The summed E-state index contributed by atoms with van der Waals surface area (Å²) in [5.74, 6) is 0.195. The molecule has 33 heavy (non-hydrogen) atoms. The van der Waals surface area contributed by atoms with Crippen molar-refractivity contribution >= 4 is 21.8 Å². The highest BCUT2D eigenvalue weighted by Gasteiger charge is 2.30. The molecule has 1 fully saturated rings. The predicted molar refractivity (Wildman–Crippen MR) is 118 cm³/mol. The summed E-state index contributed by atoms with van der Waals surface area (Å²) in [6.07, 6.45) is 1.42. The van der Waals surface area contributed by atoms with Gasteiger partial charge in [0.1, 0.15) is 0 Å². The van der Waals surface area contributed by atoms with Crippen molar-refractivity contribution in [3.63, 3.8) is 0 Å². The fraction of sp³-hybridized carbons (Fsp3) is 0.429. The van der Waals surface area contributed by atoms with Crippen LogP contribution in [-0.4, -0.2) is 89.2 Å². The fourth-order valence-corrected chi connectivity index (χ4v) is 4.80. The molecular weight excluding hydrogens is 454 g/mol. The molecule has 1 saturated heterocycles. The van der Waals surface area contributed by atoms with Crippen LogP contribution in [0, 0.1) is 0 Å². The molecule has 0 bridgehead atoms. The van der Waals surface area contributed by atoms with Crippen LogP contribution in [0.5, 0.6) is 17.2 Å². The van der Waals surface area contributed by atoms with E-state index in [4.69, 9.17) is 18.6 Å². The molecule has 0 radical (unpaired) electrons. The number of carbonyl (C=O) groups is 2. The molecule has 2 aromatic rings. The second-order valence-corrected chi connectivity index (χ2v) is 9.24. The van der Waals surface area contributed by atoms with Crippen molar-refractivity contribution in [1.29, 1.82) is 0 Å². The van der Waals surface area contributed by atoms with E-state index in [1.165, 1.54) is 44.0 Å². The van der Waals surface area contributed by atoms with Gasteiger partial charge in [0, 0.05) is 38.3 Å². The van der Waals surface area contributed by atoms with Gasteiger partial charge in [-0.05, 0) is 24.3 Å². The van der Waals surface area contributed by atoms with Gasteiger partial charge >= 0.3 is 0 Å². The van der Waals surface area contributed by atoms with Crippen molar-refractivity contribution in [1.82, 2.24) is 14.5 Å². The molecule has 1 aromatic heterocycles. The monoisotopic (exact) mass is 481 g/mol. The smallest absolute Gasteiger partial charge is 0.289 e. The first kappa shape index (κ1) is 24.4. The zero-order chi connectivity index (χ0) is 24.0. The number of furan rings is 1. The van der Waals surface area contributed by atoms with E-state index in [-0.39, 0.29) is 55.7 Å². The number of benzene rings is 1. The zero-order valence-corrected chi connectivity index (χ0v) is 19.5. The molecule has 11 nitrogen and oxygen atoms in total. The Labute approximate surface area is 192 Å². The molecule has 1 aromatic carbocycles. The van der Waals surface area contributed by atoms with Gasteiger partial charge in [-0.3, -0.25) is 9.59 Å². The minimum absolute atomic E-state index is 0.0800. The van der Waals surface area contributed by atoms with E-state index in [9.17, 15) is 18.0 Å². The number of sulfonamides is 1. The molecule has 3 rings (SSSR count). The first-order valence-electron chi connectivity index (χ1n) is 10.2. The van der Waals surface area contributed by atoms with Crippen molar-refractivity contribution in [2.45, 2.75) is 0 Å². The van der Waals surface area contributed by atoms with E-state index in [2.05, 4.69) is 5.32 Å². The Morgan fingerprint density at radius 3 is 2.18 bits per heavy atom. The lowest BCUT2D eigenvalue weighted by atomic mass is 10.1. The Balaban J connectivity index is 1.54. The number of piperazine rings is 1. The first-order chi connectivity index (χ1) is 15.8. The van der Waals surface area contributed by atoms with Crippen LogP contribution >= 0.6 is 0 Å². The summed E-state index contributed by atoms with van der Waals surface area (Å²) in [6.45, 7) is 0.793. The average molecular weight is 482 g/mol. The van der Waals surface area contributed by atoms with Crippen LogP contribution in [0.25, 0.3) is 0 Å². The third kappa shape index (κ3) is 5.57. The summed E-state index contributed by atoms with van der Waals surface area (Å²) in [7, 11) is 0.719. The van der Waals surface area contributed by atoms with E-state index < -0.39 is 15.9 Å². The van der Waals surface area contributed by atoms with Gasteiger partial charge in [-0.1, -0.05) is 0 Å². The molecule has 180 valence electrons. The van der Waals surface area contributed by atoms with Crippen LogP contribution < -0.4 is 19.5 Å². The van der Waals surface area contributed by atoms with Crippen LogP contribution in [0.1, 0.15) is 20.9 Å². The molecule has 1 N–H and O–H groups in total. The minimum atomic E-state index is -3.61. The van der Waals surface area contributed by atoms with E-state index in [0.717, 1.165) is 0 Å². The van der Waals surface area contributed by atoms with Crippen LogP contribution in [0.4, 0.5) is 0 Å². The van der Waals surface area contributed by atoms with Gasteiger partial charge in [0.25, 0.3) is 11.8 Å². The fourth-order valence-electron chi connectivity index (χ4n) is 3.46. The molecule has 0 saturated carbocycles. The van der Waals surface area contributed by atoms with Crippen molar-refractivity contribution < 1.29 is 36.6 Å². The molecule has 1 aliphatic rings. The molecule has 2 heterocycles.